The second-order valence-corrected chi connectivity index (χ2v) is 5.94. The van der Waals surface area contributed by atoms with Gasteiger partial charge in [0.1, 0.15) is 0 Å². The van der Waals surface area contributed by atoms with Gasteiger partial charge in [-0.1, -0.05) is 25.8 Å². The van der Waals surface area contributed by atoms with Crippen LogP contribution in [0.25, 0.3) is 0 Å². The monoisotopic (exact) mass is 236 g/mol. The molecule has 96 valence electrons. The van der Waals surface area contributed by atoms with Gasteiger partial charge in [0.25, 0.3) is 0 Å². The van der Waals surface area contributed by atoms with Gasteiger partial charge in [-0.3, -0.25) is 0 Å². The highest BCUT2D eigenvalue weighted by molar-refractivity contribution is 5.86. The Labute approximate surface area is 104 Å². The minimum atomic E-state index is -0.235. The maximum absolute atomic E-state index is 11.3. The van der Waals surface area contributed by atoms with E-state index in [0.29, 0.717) is 12.2 Å². The minimum absolute atomic E-state index is 0.235. The van der Waals surface area contributed by atoms with Crippen molar-refractivity contribution in [2.24, 2.45) is 17.8 Å². The van der Waals surface area contributed by atoms with Crippen molar-refractivity contribution < 1.29 is 9.53 Å². The first-order chi connectivity index (χ1) is 8.15. The van der Waals surface area contributed by atoms with Crippen LogP contribution in [0.3, 0.4) is 0 Å². The first-order valence-corrected chi connectivity index (χ1v) is 6.97. The summed E-state index contributed by atoms with van der Waals surface area (Å²) >= 11 is 0. The molecule has 2 heteroatoms. The van der Waals surface area contributed by atoms with Gasteiger partial charge < -0.3 is 4.74 Å². The fraction of sp³-hybridized carbons (Fsp3) is 0.800. The number of hydrogen-bond donors (Lipinski definition) is 0. The predicted octanol–water partition coefficient (Wildman–Crippen LogP) is 3.71. The Balaban J connectivity index is 1.69. The number of ether oxygens (including phenoxy) is 1. The zero-order chi connectivity index (χ0) is 12.3. The number of carbonyl (C=O) groups is 1. The number of hydrogen-bond acceptors (Lipinski definition) is 2. The van der Waals surface area contributed by atoms with E-state index in [4.69, 9.17) is 4.74 Å². The third-order valence-electron chi connectivity index (χ3n) is 4.33. The van der Waals surface area contributed by atoms with Crippen LogP contribution >= 0.6 is 0 Å². The first kappa shape index (κ1) is 12.7. The van der Waals surface area contributed by atoms with Crippen LogP contribution in [-0.2, 0) is 9.53 Å². The lowest BCUT2D eigenvalue weighted by Crippen LogP contribution is -2.27. The normalized spacial score (nSPS) is 31.9. The van der Waals surface area contributed by atoms with E-state index in [1.165, 1.54) is 38.5 Å². The topological polar surface area (TPSA) is 26.3 Å². The lowest BCUT2D eigenvalue weighted by molar-refractivity contribution is -0.139. The average molecular weight is 236 g/mol. The van der Waals surface area contributed by atoms with Crippen molar-refractivity contribution in [3.63, 3.8) is 0 Å². The van der Waals surface area contributed by atoms with Gasteiger partial charge in [-0.15, -0.1) is 0 Å². The third kappa shape index (κ3) is 3.58. The molecular weight excluding hydrogens is 212 g/mol. The van der Waals surface area contributed by atoms with Crippen molar-refractivity contribution in [2.45, 2.75) is 51.9 Å². The molecule has 2 aliphatic carbocycles. The van der Waals surface area contributed by atoms with E-state index >= 15 is 0 Å². The highest BCUT2D eigenvalue weighted by Gasteiger charge is 2.31. The average Bonchev–Trinajstić information content (AvgIpc) is 2.28. The predicted molar refractivity (Wildman–Crippen MR) is 68.6 cm³/mol. The van der Waals surface area contributed by atoms with Gasteiger partial charge in [-0.25, -0.2) is 4.79 Å². The quantitative estimate of drug-likeness (QED) is 0.549. The molecule has 0 heterocycles. The summed E-state index contributed by atoms with van der Waals surface area (Å²) in [7, 11) is 0. The molecule has 2 fully saturated rings. The van der Waals surface area contributed by atoms with Gasteiger partial charge in [0.05, 0.1) is 6.61 Å². The Morgan fingerprint density at radius 2 is 1.88 bits per heavy atom. The minimum Gasteiger partial charge on any atom is -0.462 e. The van der Waals surface area contributed by atoms with E-state index in [-0.39, 0.29) is 5.97 Å². The van der Waals surface area contributed by atoms with E-state index in [1.807, 2.05) is 0 Å². The van der Waals surface area contributed by atoms with E-state index < -0.39 is 0 Å². The van der Waals surface area contributed by atoms with E-state index in [0.717, 1.165) is 24.2 Å². The van der Waals surface area contributed by atoms with Gasteiger partial charge in [0.2, 0.25) is 0 Å². The largest absolute Gasteiger partial charge is 0.462 e. The number of rotatable bonds is 4. The number of carbonyl (C=O) groups excluding carboxylic acids is 1. The van der Waals surface area contributed by atoms with Crippen molar-refractivity contribution in [3.8, 4) is 0 Å². The van der Waals surface area contributed by atoms with Crippen LogP contribution < -0.4 is 0 Å². The van der Waals surface area contributed by atoms with Crippen LogP contribution in [0, 0.1) is 17.8 Å². The molecule has 2 unspecified atom stereocenters. The SMILES string of the molecule is C=C(C)C(=O)OCCC1CC2CCCC(C2)C1. The van der Waals surface area contributed by atoms with Crippen LogP contribution in [0.5, 0.6) is 0 Å². The first-order valence-electron chi connectivity index (χ1n) is 6.97. The Morgan fingerprint density at radius 1 is 1.24 bits per heavy atom. The molecular formula is C15H24O2. The molecule has 2 atom stereocenters. The van der Waals surface area contributed by atoms with Crippen molar-refractivity contribution in [1.82, 2.24) is 0 Å². The van der Waals surface area contributed by atoms with Crippen LogP contribution in [-0.4, -0.2) is 12.6 Å². The Kier molecular flexibility index (Phi) is 4.25. The molecule has 2 nitrogen and oxygen atoms in total. The van der Waals surface area contributed by atoms with Gasteiger partial charge >= 0.3 is 5.97 Å². The lowest BCUT2D eigenvalue weighted by atomic mass is 9.67. The highest BCUT2D eigenvalue weighted by atomic mass is 16.5. The summed E-state index contributed by atoms with van der Waals surface area (Å²) in [5.41, 5.74) is 0.505. The molecule has 0 spiro atoms. The molecule has 0 aromatic heterocycles. The molecule has 0 N–H and O–H groups in total. The van der Waals surface area contributed by atoms with Crippen molar-refractivity contribution >= 4 is 5.97 Å². The second kappa shape index (κ2) is 5.70. The van der Waals surface area contributed by atoms with Crippen molar-refractivity contribution in [1.29, 1.82) is 0 Å². The summed E-state index contributed by atoms with van der Waals surface area (Å²) in [5.74, 6) is 2.48. The summed E-state index contributed by atoms with van der Waals surface area (Å²) < 4.78 is 5.19. The van der Waals surface area contributed by atoms with Crippen LogP contribution in [0.1, 0.15) is 51.9 Å². The Bertz CT molecular complexity index is 283. The molecule has 0 aromatic carbocycles. The molecule has 0 aromatic rings. The molecule has 2 rings (SSSR count). The zero-order valence-corrected chi connectivity index (χ0v) is 10.9. The fourth-order valence-electron chi connectivity index (χ4n) is 3.55. The molecule has 0 amide bonds. The third-order valence-corrected chi connectivity index (χ3v) is 4.33. The standard InChI is InChI=1S/C15H24O2/c1-11(2)15(16)17-7-6-14-9-12-4-3-5-13(8-12)10-14/h12-14H,1,3-10H2,2H3. The zero-order valence-electron chi connectivity index (χ0n) is 10.9. The molecule has 2 bridgehead atoms. The Morgan fingerprint density at radius 3 is 2.47 bits per heavy atom. The second-order valence-electron chi connectivity index (χ2n) is 5.94. The number of fused-ring (bicyclic) bond motifs is 2. The number of esters is 1. The summed E-state index contributed by atoms with van der Waals surface area (Å²) in [5, 5.41) is 0. The molecule has 0 aliphatic heterocycles. The maximum Gasteiger partial charge on any atom is 0.333 e. The van der Waals surface area contributed by atoms with Gasteiger partial charge in [-0.2, -0.15) is 0 Å². The van der Waals surface area contributed by atoms with Gasteiger partial charge in [0.15, 0.2) is 0 Å². The molecule has 2 saturated carbocycles. The lowest BCUT2D eigenvalue weighted by Gasteiger charge is -2.39. The molecule has 0 radical (unpaired) electrons. The van der Waals surface area contributed by atoms with E-state index in [9.17, 15) is 4.79 Å². The Hall–Kier alpha value is -0.790. The van der Waals surface area contributed by atoms with Gasteiger partial charge in [-0.05, 0) is 50.4 Å². The summed E-state index contributed by atoms with van der Waals surface area (Å²) in [4.78, 5) is 11.3. The van der Waals surface area contributed by atoms with Crippen LogP contribution in [0.2, 0.25) is 0 Å². The van der Waals surface area contributed by atoms with Crippen molar-refractivity contribution in [2.75, 3.05) is 6.61 Å². The summed E-state index contributed by atoms with van der Waals surface area (Å²) in [6.07, 6.45) is 9.53. The van der Waals surface area contributed by atoms with Crippen LogP contribution in [0.15, 0.2) is 12.2 Å². The molecule has 17 heavy (non-hydrogen) atoms. The van der Waals surface area contributed by atoms with E-state index in [1.54, 1.807) is 6.92 Å². The fourth-order valence-corrected chi connectivity index (χ4v) is 3.55. The molecule has 0 saturated heterocycles. The van der Waals surface area contributed by atoms with Crippen molar-refractivity contribution in [3.05, 3.63) is 12.2 Å². The smallest absolute Gasteiger partial charge is 0.333 e. The molecule has 2 aliphatic rings. The van der Waals surface area contributed by atoms with E-state index in [2.05, 4.69) is 6.58 Å². The summed E-state index contributed by atoms with van der Waals surface area (Å²) in [6, 6.07) is 0. The van der Waals surface area contributed by atoms with Crippen LogP contribution in [0.4, 0.5) is 0 Å². The van der Waals surface area contributed by atoms with Gasteiger partial charge in [0, 0.05) is 5.57 Å². The summed E-state index contributed by atoms with van der Waals surface area (Å²) in [6.45, 7) is 5.87. The highest BCUT2D eigenvalue weighted by Crippen LogP contribution is 2.43. The maximum atomic E-state index is 11.3.